The van der Waals surface area contributed by atoms with Crippen LogP contribution in [0.1, 0.15) is 24.6 Å². The Hall–Kier alpha value is -1.75. The normalized spacial score (nSPS) is 10.7. The van der Waals surface area contributed by atoms with E-state index in [1.165, 1.54) is 17.8 Å². The molecule has 21 heavy (non-hydrogen) atoms. The summed E-state index contributed by atoms with van der Waals surface area (Å²) in [4.78, 5) is 5.21. The van der Waals surface area contributed by atoms with E-state index < -0.39 is 5.82 Å². The molecule has 2 rings (SSSR count). The Morgan fingerprint density at radius 1 is 1.24 bits per heavy atom. The van der Waals surface area contributed by atoms with E-state index in [2.05, 4.69) is 4.98 Å². The molecular weight excluding hydrogens is 287 g/mol. The third-order valence-corrected chi connectivity index (χ3v) is 3.81. The number of nitrogens with zero attached hydrogens (tertiary/aromatic N) is 1. The predicted molar refractivity (Wildman–Crippen MR) is 84.4 cm³/mol. The Morgan fingerprint density at radius 2 is 2.00 bits per heavy atom. The summed E-state index contributed by atoms with van der Waals surface area (Å²) in [5, 5.41) is 0.840. The van der Waals surface area contributed by atoms with Gasteiger partial charge in [0.05, 0.1) is 6.61 Å². The first-order valence-electron chi connectivity index (χ1n) is 6.84. The molecule has 0 aliphatic heterocycles. The number of anilines is 1. The molecule has 0 unspecified atom stereocenters. The number of aromatic nitrogens is 1. The zero-order valence-electron chi connectivity index (χ0n) is 12.4. The first-order chi connectivity index (χ1) is 9.99. The highest BCUT2D eigenvalue weighted by atomic mass is 32.2. The number of rotatable bonds is 5. The topological polar surface area (TPSA) is 48.1 Å². The molecule has 1 aromatic heterocycles. The van der Waals surface area contributed by atoms with Gasteiger partial charge in [-0.15, -0.1) is 0 Å². The van der Waals surface area contributed by atoms with Crippen molar-refractivity contribution in [1.82, 2.24) is 4.98 Å². The van der Waals surface area contributed by atoms with Gasteiger partial charge in [0, 0.05) is 22.3 Å². The lowest BCUT2D eigenvalue weighted by Gasteiger charge is -2.11. The molecule has 5 heteroatoms. The molecular formula is C16H19FN2OS. The zero-order valence-corrected chi connectivity index (χ0v) is 13.3. The second-order valence-electron chi connectivity index (χ2n) is 4.90. The number of nitrogens with two attached hydrogens (primary N) is 1. The van der Waals surface area contributed by atoms with E-state index in [9.17, 15) is 4.39 Å². The molecule has 3 nitrogen and oxygen atoms in total. The molecule has 0 saturated carbocycles. The van der Waals surface area contributed by atoms with E-state index in [-0.39, 0.29) is 5.75 Å². The van der Waals surface area contributed by atoms with Crippen LogP contribution in [0.15, 0.2) is 34.2 Å². The summed E-state index contributed by atoms with van der Waals surface area (Å²) in [6.07, 6.45) is 0.824. The molecule has 0 fully saturated rings. The standard InChI is InChI=1S/C16H19FN2OS/c1-4-5-20-14-9-15(13(18)8-12(14)17)21-16-7-10(2)6-11(3)19-16/h6-9H,4-5,18H2,1-3H3. The molecule has 0 bridgehead atoms. The fourth-order valence-electron chi connectivity index (χ4n) is 1.93. The maximum absolute atomic E-state index is 13.8. The second-order valence-corrected chi connectivity index (χ2v) is 5.96. The maximum atomic E-state index is 13.8. The number of pyridine rings is 1. The van der Waals surface area contributed by atoms with Crippen LogP contribution in [0.5, 0.6) is 5.75 Å². The monoisotopic (exact) mass is 306 g/mol. The van der Waals surface area contributed by atoms with E-state index in [0.717, 1.165) is 27.6 Å². The predicted octanol–water partition coefficient (Wildman–Crippen LogP) is 4.36. The van der Waals surface area contributed by atoms with Gasteiger partial charge in [-0.1, -0.05) is 18.7 Å². The van der Waals surface area contributed by atoms with Gasteiger partial charge in [0.25, 0.3) is 0 Å². The molecule has 0 aliphatic carbocycles. The molecule has 1 heterocycles. The number of hydrogen-bond donors (Lipinski definition) is 1. The Kier molecular flexibility index (Phi) is 5.07. The number of nitrogen functional groups attached to an aromatic ring is 1. The molecule has 0 saturated heterocycles. The summed E-state index contributed by atoms with van der Waals surface area (Å²) in [5.41, 5.74) is 8.37. The highest BCUT2D eigenvalue weighted by Gasteiger charge is 2.11. The average Bonchev–Trinajstić information content (AvgIpc) is 2.39. The SMILES string of the molecule is CCCOc1cc(Sc2cc(C)cc(C)n2)c(N)cc1F. The van der Waals surface area contributed by atoms with Crippen molar-refractivity contribution in [2.24, 2.45) is 0 Å². The Morgan fingerprint density at radius 3 is 2.67 bits per heavy atom. The lowest BCUT2D eigenvalue weighted by molar-refractivity contribution is 0.300. The lowest BCUT2D eigenvalue weighted by Crippen LogP contribution is -2.00. The summed E-state index contributed by atoms with van der Waals surface area (Å²) >= 11 is 1.42. The van der Waals surface area contributed by atoms with E-state index in [1.54, 1.807) is 6.07 Å². The minimum Gasteiger partial charge on any atom is -0.490 e. The summed E-state index contributed by atoms with van der Waals surface area (Å²) in [7, 11) is 0. The number of halogens is 1. The van der Waals surface area contributed by atoms with E-state index in [1.807, 2.05) is 32.9 Å². The average molecular weight is 306 g/mol. The van der Waals surface area contributed by atoms with Crippen LogP contribution < -0.4 is 10.5 Å². The summed E-state index contributed by atoms with van der Waals surface area (Å²) in [5.74, 6) is -0.198. The number of ether oxygens (including phenoxy) is 1. The molecule has 2 N–H and O–H groups in total. The van der Waals surface area contributed by atoms with Crippen LogP contribution in [0.2, 0.25) is 0 Å². The largest absolute Gasteiger partial charge is 0.490 e. The van der Waals surface area contributed by atoms with E-state index >= 15 is 0 Å². The van der Waals surface area contributed by atoms with Gasteiger partial charge < -0.3 is 10.5 Å². The summed E-state index contributed by atoms with van der Waals surface area (Å²) < 4.78 is 19.2. The molecule has 0 radical (unpaired) electrons. The van der Waals surface area contributed by atoms with Gasteiger partial charge in [-0.05, 0) is 44.0 Å². The van der Waals surface area contributed by atoms with Crippen LogP contribution in [0.25, 0.3) is 0 Å². The van der Waals surface area contributed by atoms with Crippen LogP contribution in [-0.2, 0) is 0 Å². The van der Waals surface area contributed by atoms with Gasteiger partial charge in [0.1, 0.15) is 5.03 Å². The van der Waals surface area contributed by atoms with E-state index in [4.69, 9.17) is 10.5 Å². The minimum atomic E-state index is -0.432. The van der Waals surface area contributed by atoms with Gasteiger partial charge >= 0.3 is 0 Å². The van der Waals surface area contributed by atoms with Crippen molar-refractivity contribution >= 4 is 17.4 Å². The van der Waals surface area contributed by atoms with Crippen LogP contribution in [-0.4, -0.2) is 11.6 Å². The molecule has 0 atom stereocenters. The number of aryl methyl sites for hydroxylation is 2. The van der Waals surface area contributed by atoms with Gasteiger partial charge in [0.15, 0.2) is 11.6 Å². The van der Waals surface area contributed by atoms with Crippen molar-refractivity contribution in [2.75, 3.05) is 12.3 Å². The van der Waals surface area contributed by atoms with Crippen LogP contribution in [0.3, 0.4) is 0 Å². The van der Waals surface area contributed by atoms with Gasteiger partial charge in [-0.3, -0.25) is 0 Å². The maximum Gasteiger partial charge on any atom is 0.167 e. The van der Waals surface area contributed by atoms with Crippen LogP contribution in [0, 0.1) is 19.7 Å². The zero-order chi connectivity index (χ0) is 15.4. The lowest BCUT2D eigenvalue weighted by atomic mass is 10.3. The quantitative estimate of drug-likeness (QED) is 0.834. The Bertz CT molecular complexity index is 626. The first kappa shape index (κ1) is 15.6. The first-order valence-corrected chi connectivity index (χ1v) is 7.66. The van der Waals surface area contributed by atoms with Crippen molar-refractivity contribution in [3.05, 3.63) is 41.3 Å². The molecule has 1 aromatic carbocycles. The van der Waals surface area contributed by atoms with Crippen molar-refractivity contribution < 1.29 is 9.13 Å². The molecule has 0 aliphatic rings. The number of hydrogen-bond acceptors (Lipinski definition) is 4. The minimum absolute atomic E-state index is 0.234. The fourth-order valence-corrected chi connectivity index (χ4v) is 2.93. The molecule has 0 spiro atoms. The smallest absolute Gasteiger partial charge is 0.167 e. The van der Waals surface area contributed by atoms with Gasteiger partial charge in [-0.25, -0.2) is 9.37 Å². The third-order valence-electron chi connectivity index (χ3n) is 2.81. The van der Waals surface area contributed by atoms with Crippen molar-refractivity contribution in [3.8, 4) is 5.75 Å². The molecule has 112 valence electrons. The van der Waals surface area contributed by atoms with Crippen LogP contribution in [0.4, 0.5) is 10.1 Å². The Balaban J connectivity index is 2.30. The Labute approximate surface area is 128 Å². The fraction of sp³-hybridized carbons (Fsp3) is 0.312. The van der Waals surface area contributed by atoms with Gasteiger partial charge in [0.2, 0.25) is 0 Å². The van der Waals surface area contributed by atoms with Gasteiger partial charge in [-0.2, -0.15) is 0 Å². The summed E-state index contributed by atoms with van der Waals surface area (Å²) in [6.45, 7) is 6.42. The van der Waals surface area contributed by atoms with Crippen LogP contribution >= 0.6 is 11.8 Å². The highest BCUT2D eigenvalue weighted by molar-refractivity contribution is 7.99. The third kappa shape index (κ3) is 4.11. The number of benzene rings is 1. The van der Waals surface area contributed by atoms with Crippen molar-refractivity contribution in [1.29, 1.82) is 0 Å². The van der Waals surface area contributed by atoms with E-state index in [0.29, 0.717) is 12.3 Å². The molecule has 2 aromatic rings. The van der Waals surface area contributed by atoms with Crippen molar-refractivity contribution in [3.63, 3.8) is 0 Å². The highest BCUT2D eigenvalue weighted by Crippen LogP contribution is 2.35. The molecule has 0 amide bonds. The second kappa shape index (κ2) is 6.80. The van der Waals surface area contributed by atoms with Crippen molar-refractivity contribution in [2.45, 2.75) is 37.1 Å². The summed E-state index contributed by atoms with van der Waals surface area (Å²) in [6, 6.07) is 6.93.